The van der Waals surface area contributed by atoms with E-state index in [1.807, 2.05) is 30.3 Å². The van der Waals surface area contributed by atoms with Crippen LogP contribution in [0.2, 0.25) is 0 Å². The molecule has 0 saturated carbocycles. The summed E-state index contributed by atoms with van der Waals surface area (Å²) in [7, 11) is 0. The largest absolute Gasteiger partial charge is 0.432 e. The van der Waals surface area contributed by atoms with Gasteiger partial charge in [-0.2, -0.15) is 31.3 Å². The first-order valence-corrected chi connectivity index (χ1v) is 9.78. The Kier molecular flexibility index (Phi) is 5.77. The van der Waals surface area contributed by atoms with Crippen LogP contribution in [0.3, 0.4) is 0 Å². The fourth-order valence-electron chi connectivity index (χ4n) is 3.43. The normalized spacial score (nSPS) is 12.3. The minimum atomic E-state index is -4.93. The Balaban J connectivity index is 1.72. The molecule has 0 amide bonds. The Morgan fingerprint density at radius 1 is 0.848 bits per heavy atom. The molecule has 2 aromatic carbocycles. The molecule has 4 nitrogen and oxygen atoms in total. The van der Waals surface area contributed by atoms with Crippen LogP contribution in [0, 0.1) is 6.92 Å². The zero-order valence-electron chi connectivity index (χ0n) is 17.2. The second-order valence-electron chi connectivity index (χ2n) is 7.58. The summed E-state index contributed by atoms with van der Waals surface area (Å²) in [6.07, 6.45) is -6.90. The lowest BCUT2D eigenvalue weighted by Gasteiger charge is -2.22. The van der Waals surface area contributed by atoms with Gasteiger partial charge in [-0.15, -0.1) is 0 Å². The predicted molar refractivity (Wildman–Crippen MR) is 109 cm³/mol. The first-order chi connectivity index (χ1) is 15.5. The Hall–Kier alpha value is -3.56. The number of anilines is 1. The molecule has 0 N–H and O–H groups in total. The fourth-order valence-corrected chi connectivity index (χ4v) is 3.43. The number of para-hydroxylation sites is 1. The molecule has 0 spiro atoms. The highest BCUT2D eigenvalue weighted by molar-refractivity contribution is 5.78. The SMILES string of the molecule is Cc1coc(N(Cc2cc(C(F)(F)F)cc(C(F)(F)F)c2)Cc2cnc3ccccc3c2)n1. The van der Waals surface area contributed by atoms with Crippen LogP contribution in [0.4, 0.5) is 32.4 Å². The molecule has 4 rings (SSSR count). The van der Waals surface area contributed by atoms with Crippen molar-refractivity contribution in [3.05, 3.63) is 88.9 Å². The van der Waals surface area contributed by atoms with Crippen LogP contribution in [0.15, 0.2) is 65.4 Å². The van der Waals surface area contributed by atoms with E-state index in [0.717, 1.165) is 10.9 Å². The van der Waals surface area contributed by atoms with Gasteiger partial charge in [-0.25, -0.2) is 0 Å². The Bertz CT molecular complexity index is 1250. The Labute approximate surface area is 184 Å². The van der Waals surface area contributed by atoms with Crippen molar-refractivity contribution in [3.8, 4) is 0 Å². The second-order valence-corrected chi connectivity index (χ2v) is 7.58. The summed E-state index contributed by atoms with van der Waals surface area (Å²) in [5.41, 5.74) is -0.958. The van der Waals surface area contributed by atoms with E-state index in [2.05, 4.69) is 9.97 Å². The van der Waals surface area contributed by atoms with Gasteiger partial charge in [-0.3, -0.25) is 4.98 Å². The Morgan fingerprint density at radius 2 is 1.48 bits per heavy atom. The molecule has 0 unspecified atom stereocenters. The molecule has 0 fully saturated rings. The minimum absolute atomic E-state index is 0.0756. The van der Waals surface area contributed by atoms with Crippen LogP contribution >= 0.6 is 0 Å². The molecule has 0 atom stereocenters. The summed E-state index contributed by atoms with van der Waals surface area (Å²) >= 11 is 0. The van der Waals surface area contributed by atoms with Crippen LogP contribution in [-0.2, 0) is 25.4 Å². The van der Waals surface area contributed by atoms with Gasteiger partial charge >= 0.3 is 12.4 Å². The average molecular weight is 465 g/mol. The molecule has 2 heterocycles. The summed E-state index contributed by atoms with van der Waals surface area (Å²) in [5.74, 6) is 0. The molecule has 0 bridgehead atoms. The number of rotatable bonds is 5. The Morgan fingerprint density at radius 3 is 2.09 bits per heavy atom. The van der Waals surface area contributed by atoms with Gasteiger partial charge in [0.2, 0.25) is 0 Å². The first-order valence-electron chi connectivity index (χ1n) is 9.78. The first kappa shape index (κ1) is 22.6. The highest BCUT2D eigenvalue weighted by Crippen LogP contribution is 2.37. The van der Waals surface area contributed by atoms with Gasteiger partial charge in [-0.1, -0.05) is 18.2 Å². The van der Waals surface area contributed by atoms with E-state index in [9.17, 15) is 26.3 Å². The van der Waals surface area contributed by atoms with E-state index in [-0.39, 0.29) is 30.7 Å². The van der Waals surface area contributed by atoms with Gasteiger partial charge in [0, 0.05) is 24.7 Å². The lowest BCUT2D eigenvalue weighted by molar-refractivity contribution is -0.143. The van der Waals surface area contributed by atoms with Gasteiger partial charge in [0.1, 0.15) is 6.26 Å². The number of benzene rings is 2. The summed E-state index contributed by atoms with van der Waals surface area (Å²) in [5, 5.41) is 0.844. The number of hydrogen-bond donors (Lipinski definition) is 0. The van der Waals surface area contributed by atoms with Crippen LogP contribution in [0.1, 0.15) is 27.9 Å². The molecule has 10 heteroatoms. The highest BCUT2D eigenvalue weighted by Gasteiger charge is 2.37. The number of alkyl halides is 6. The van der Waals surface area contributed by atoms with Crippen LogP contribution in [0.5, 0.6) is 0 Å². The summed E-state index contributed by atoms with van der Waals surface area (Å²) in [6.45, 7) is 1.48. The standard InChI is InChI=1S/C23H17F6N3O/c1-14-13-33-21(31-14)32(12-16-6-17-4-2-3-5-20(17)30-10-16)11-15-7-18(22(24,25)26)9-19(8-15)23(27,28)29/h2-10,13H,11-12H2,1H3. The van der Waals surface area contributed by atoms with Crippen molar-refractivity contribution in [3.63, 3.8) is 0 Å². The van der Waals surface area contributed by atoms with E-state index in [1.165, 1.54) is 11.2 Å². The van der Waals surface area contributed by atoms with Gasteiger partial charge in [0.05, 0.1) is 22.3 Å². The van der Waals surface area contributed by atoms with Crippen LogP contribution < -0.4 is 4.90 Å². The zero-order chi connectivity index (χ0) is 23.8. The number of halogens is 6. The number of fused-ring (bicyclic) bond motifs is 1. The third-order valence-electron chi connectivity index (χ3n) is 4.92. The average Bonchev–Trinajstić information content (AvgIpc) is 3.18. The molecule has 0 saturated heterocycles. The van der Waals surface area contributed by atoms with Crippen molar-refractivity contribution in [2.75, 3.05) is 4.90 Å². The second kappa shape index (κ2) is 8.42. The maximum atomic E-state index is 13.3. The number of oxazole rings is 1. The fraction of sp³-hybridized carbons (Fsp3) is 0.217. The molecule has 0 aliphatic rings. The number of hydrogen-bond acceptors (Lipinski definition) is 4. The number of pyridine rings is 1. The van der Waals surface area contributed by atoms with Crippen molar-refractivity contribution in [2.45, 2.75) is 32.4 Å². The van der Waals surface area contributed by atoms with E-state index in [0.29, 0.717) is 23.4 Å². The third kappa shape index (κ3) is 5.27. The smallest absolute Gasteiger partial charge is 0.416 e. The zero-order valence-corrected chi connectivity index (χ0v) is 17.2. The molecule has 0 aliphatic carbocycles. The van der Waals surface area contributed by atoms with Gasteiger partial charge in [-0.05, 0) is 48.4 Å². The molecule has 33 heavy (non-hydrogen) atoms. The molecular formula is C23H17F6N3O. The van der Waals surface area contributed by atoms with Crippen LogP contribution in [-0.4, -0.2) is 9.97 Å². The summed E-state index contributed by atoms with van der Waals surface area (Å²) in [4.78, 5) is 10.0. The summed E-state index contributed by atoms with van der Waals surface area (Å²) < 4.78 is 85.1. The molecular weight excluding hydrogens is 448 g/mol. The maximum absolute atomic E-state index is 13.3. The third-order valence-corrected chi connectivity index (χ3v) is 4.92. The van der Waals surface area contributed by atoms with E-state index in [1.54, 1.807) is 13.1 Å². The number of aromatic nitrogens is 2. The van der Waals surface area contributed by atoms with Crippen molar-refractivity contribution in [1.82, 2.24) is 9.97 Å². The topological polar surface area (TPSA) is 42.2 Å². The molecule has 172 valence electrons. The number of nitrogens with zero attached hydrogens (tertiary/aromatic N) is 3. The molecule has 2 aromatic heterocycles. The minimum Gasteiger partial charge on any atom is -0.432 e. The lowest BCUT2D eigenvalue weighted by atomic mass is 10.0. The molecule has 4 aromatic rings. The molecule has 0 aliphatic heterocycles. The van der Waals surface area contributed by atoms with Crippen molar-refractivity contribution in [1.29, 1.82) is 0 Å². The van der Waals surface area contributed by atoms with Gasteiger partial charge in [0.15, 0.2) is 0 Å². The predicted octanol–water partition coefficient (Wildman–Crippen LogP) is 6.78. The van der Waals surface area contributed by atoms with E-state index < -0.39 is 23.5 Å². The van der Waals surface area contributed by atoms with E-state index >= 15 is 0 Å². The van der Waals surface area contributed by atoms with Crippen LogP contribution in [0.25, 0.3) is 10.9 Å². The maximum Gasteiger partial charge on any atom is 0.416 e. The summed E-state index contributed by atoms with van der Waals surface area (Å²) in [6, 6.07) is 10.8. The molecule has 0 radical (unpaired) electrons. The van der Waals surface area contributed by atoms with E-state index in [4.69, 9.17) is 4.42 Å². The lowest BCUT2D eigenvalue weighted by Crippen LogP contribution is -2.23. The van der Waals surface area contributed by atoms with Crippen molar-refractivity contribution >= 4 is 16.9 Å². The van der Waals surface area contributed by atoms with Crippen molar-refractivity contribution in [2.24, 2.45) is 0 Å². The van der Waals surface area contributed by atoms with Gasteiger partial charge in [0.25, 0.3) is 6.01 Å². The quantitative estimate of drug-likeness (QED) is 0.305. The monoisotopic (exact) mass is 465 g/mol. The van der Waals surface area contributed by atoms with Gasteiger partial charge < -0.3 is 9.32 Å². The number of aryl methyl sites for hydroxylation is 1. The highest BCUT2D eigenvalue weighted by atomic mass is 19.4. The van der Waals surface area contributed by atoms with Crippen molar-refractivity contribution < 1.29 is 30.8 Å².